The third-order valence-electron chi connectivity index (χ3n) is 2.33. The van der Waals surface area contributed by atoms with Crippen LogP contribution in [0.3, 0.4) is 0 Å². The molecule has 17 heavy (non-hydrogen) atoms. The van der Waals surface area contributed by atoms with E-state index in [-0.39, 0.29) is 5.54 Å². The van der Waals surface area contributed by atoms with Crippen molar-refractivity contribution < 1.29 is 4.74 Å². The molecule has 1 aromatic rings. The summed E-state index contributed by atoms with van der Waals surface area (Å²) in [6.45, 7) is 4.87. The third kappa shape index (κ3) is 4.85. The second-order valence-electron chi connectivity index (χ2n) is 4.63. The first-order valence-corrected chi connectivity index (χ1v) is 6.98. The van der Waals surface area contributed by atoms with Crippen LogP contribution in [0.4, 0.5) is 5.69 Å². The highest BCUT2D eigenvalue weighted by Crippen LogP contribution is 2.34. The van der Waals surface area contributed by atoms with Crippen LogP contribution in [0.5, 0.6) is 5.75 Å². The standard InChI is InChI=1S/C12H18Br2N2O/c1-12(2,15)4-5-16-10-7-11(17-3)9(14)6-8(10)13/h6-7,16H,4-5,15H2,1-3H3. The van der Waals surface area contributed by atoms with Crippen molar-refractivity contribution in [2.45, 2.75) is 25.8 Å². The largest absolute Gasteiger partial charge is 0.495 e. The summed E-state index contributed by atoms with van der Waals surface area (Å²) in [6, 6.07) is 3.92. The Morgan fingerprint density at radius 2 is 1.94 bits per heavy atom. The van der Waals surface area contributed by atoms with Gasteiger partial charge in [0.25, 0.3) is 0 Å². The fourth-order valence-electron chi connectivity index (χ4n) is 1.34. The van der Waals surface area contributed by atoms with Crippen LogP contribution >= 0.6 is 31.9 Å². The summed E-state index contributed by atoms with van der Waals surface area (Å²) in [5.41, 5.74) is 6.79. The molecule has 96 valence electrons. The smallest absolute Gasteiger partial charge is 0.135 e. The lowest BCUT2D eigenvalue weighted by Gasteiger charge is -2.19. The van der Waals surface area contributed by atoms with Crippen molar-refractivity contribution >= 4 is 37.5 Å². The molecule has 0 heterocycles. The van der Waals surface area contributed by atoms with Crippen molar-refractivity contribution in [3.63, 3.8) is 0 Å². The molecule has 0 amide bonds. The summed E-state index contributed by atoms with van der Waals surface area (Å²) in [5.74, 6) is 0.808. The zero-order chi connectivity index (χ0) is 13.1. The molecule has 0 aliphatic rings. The monoisotopic (exact) mass is 364 g/mol. The molecule has 3 N–H and O–H groups in total. The van der Waals surface area contributed by atoms with Gasteiger partial charge in [0, 0.05) is 22.6 Å². The van der Waals surface area contributed by atoms with Gasteiger partial charge in [-0.05, 0) is 58.2 Å². The quantitative estimate of drug-likeness (QED) is 0.835. The van der Waals surface area contributed by atoms with Gasteiger partial charge in [0.1, 0.15) is 5.75 Å². The molecule has 0 saturated carbocycles. The predicted molar refractivity (Wildman–Crippen MR) is 79.8 cm³/mol. The summed E-state index contributed by atoms with van der Waals surface area (Å²) in [5, 5.41) is 3.34. The number of rotatable bonds is 5. The zero-order valence-corrected chi connectivity index (χ0v) is 13.5. The van der Waals surface area contributed by atoms with Gasteiger partial charge >= 0.3 is 0 Å². The lowest BCUT2D eigenvalue weighted by atomic mass is 10.0. The van der Waals surface area contributed by atoms with Crippen LogP contribution in [-0.4, -0.2) is 19.2 Å². The molecule has 0 bridgehead atoms. The van der Waals surface area contributed by atoms with Gasteiger partial charge in [-0.25, -0.2) is 0 Å². The summed E-state index contributed by atoms with van der Waals surface area (Å²) in [6.07, 6.45) is 0.901. The normalized spacial score (nSPS) is 11.4. The highest BCUT2D eigenvalue weighted by molar-refractivity contribution is 9.11. The maximum absolute atomic E-state index is 5.93. The van der Waals surface area contributed by atoms with E-state index in [1.807, 2.05) is 26.0 Å². The second kappa shape index (κ2) is 6.07. The van der Waals surface area contributed by atoms with Gasteiger partial charge in [-0.1, -0.05) is 0 Å². The molecule has 3 nitrogen and oxygen atoms in total. The number of benzene rings is 1. The molecule has 0 aliphatic carbocycles. The molecule has 0 unspecified atom stereocenters. The van der Waals surface area contributed by atoms with Gasteiger partial charge in [0.15, 0.2) is 0 Å². The third-order valence-corrected chi connectivity index (χ3v) is 3.60. The number of nitrogens with two attached hydrogens (primary N) is 1. The topological polar surface area (TPSA) is 47.3 Å². The minimum absolute atomic E-state index is 0.154. The van der Waals surface area contributed by atoms with Crippen LogP contribution in [0.25, 0.3) is 0 Å². The molecule has 0 atom stereocenters. The van der Waals surface area contributed by atoms with E-state index in [0.717, 1.165) is 33.3 Å². The number of methoxy groups -OCH3 is 1. The van der Waals surface area contributed by atoms with Crippen LogP contribution in [-0.2, 0) is 0 Å². The van der Waals surface area contributed by atoms with Gasteiger partial charge in [0.2, 0.25) is 0 Å². The summed E-state index contributed by atoms with van der Waals surface area (Å²) in [7, 11) is 1.65. The van der Waals surface area contributed by atoms with Gasteiger partial charge in [-0.2, -0.15) is 0 Å². The summed E-state index contributed by atoms with van der Waals surface area (Å²) >= 11 is 6.95. The van der Waals surface area contributed by atoms with Crippen LogP contribution in [0.15, 0.2) is 21.1 Å². The number of hydrogen-bond donors (Lipinski definition) is 2. The molecule has 5 heteroatoms. The van der Waals surface area contributed by atoms with Gasteiger partial charge in [-0.3, -0.25) is 0 Å². The average molecular weight is 366 g/mol. The van der Waals surface area contributed by atoms with E-state index in [9.17, 15) is 0 Å². The maximum Gasteiger partial charge on any atom is 0.135 e. The number of hydrogen-bond acceptors (Lipinski definition) is 3. The Morgan fingerprint density at radius 3 is 2.47 bits per heavy atom. The fourth-order valence-corrected chi connectivity index (χ4v) is 2.64. The van der Waals surface area contributed by atoms with Crippen molar-refractivity contribution in [1.29, 1.82) is 0 Å². The van der Waals surface area contributed by atoms with Crippen molar-refractivity contribution in [3.05, 3.63) is 21.1 Å². The molecule has 0 radical (unpaired) electrons. The Hall–Kier alpha value is -0.260. The van der Waals surface area contributed by atoms with Crippen molar-refractivity contribution in [2.75, 3.05) is 19.0 Å². The van der Waals surface area contributed by atoms with Gasteiger partial charge in [-0.15, -0.1) is 0 Å². The van der Waals surface area contributed by atoms with Crippen molar-refractivity contribution in [1.82, 2.24) is 0 Å². The number of ether oxygens (including phenoxy) is 1. The molecule has 0 fully saturated rings. The second-order valence-corrected chi connectivity index (χ2v) is 6.34. The lowest BCUT2D eigenvalue weighted by molar-refractivity contribution is 0.412. The van der Waals surface area contributed by atoms with Crippen LogP contribution in [0, 0.1) is 0 Å². The minimum atomic E-state index is -0.154. The SMILES string of the molecule is COc1cc(NCCC(C)(C)N)c(Br)cc1Br. The Morgan fingerprint density at radius 1 is 1.29 bits per heavy atom. The Balaban J connectivity index is 2.71. The van der Waals surface area contributed by atoms with Crippen molar-refractivity contribution in [3.8, 4) is 5.75 Å². The Kier molecular flexibility index (Phi) is 5.28. The zero-order valence-electron chi connectivity index (χ0n) is 10.3. The van der Waals surface area contributed by atoms with Crippen molar-refractivity contribution in [2.24, 2.45) is 5.73 Å². The number of anilines is 1. The molecular weight excluding hydrogens is 348 g/mol. The van der Waals surface area contributed by atoms with E-state index in [4.69, 9.17) is 10.5 Å². The van der Waals surface area contributed by atoms with Gasteiger partial charge < -0.3 is 15.8 Å². The molecular formula is C12H18Br2N2O. The molecule has 0 aliphatic heterocycles. The van der Waals surface area contributed by atoms with Crippen LogP contribution in [0.1, 0.15) is 20.3 Å². The van der Waals surface area contributed by atoms with E-state index in [2.05, 4.69) is 37.2 Å². The van der Waals surface area contributed by atoms with Crippen LogP contribution < -0.4 is 15.8 Å². The first-order valence-electron chi connectivity index (χ1n) is 5.39. The highest BCUT2D eigenvalue weighted by Gasteiger charge is 2.11. The predicted octanol–water partition coefficient (Wildman–Crippen LogP) is 3.76. The van der Waals surface area contributed by atoms with E-state index < -0.39 is 0 Å². The molecule has 0 saturated heterocycles. The van der Waals surface area contributed by atoms with Crippen LogP contribution in [0.2, 0.25) is 0 Å². The molecule has 0 aromatic heterocycles. The molecule has 1 aromatic carbocycles. The number of nitrogens with one attached hydrogen (secondary N) is 1. The first kappa shape index (κ1) is 14.8. The van der Waals surface area contributed by atoms with E-state index >= 15 is 0 Å². The number of halogens is 2. The van der Waals surface area contributed by atoms with E-state index in [0.29, 0.717) is 0 Å². The minimum Gasteiger partial charge on any atom is -0.495 e. The summed E-state index contributed by atoms with van der Waals surface area (Å²) in [4.78, 5) is 0. The van der Waals surface area contributed by atoms with E-state index in [1.165, 1.54) is 0 Å². The fraction of sp³-hybridized carbons (Fsp3) is 0.500. The Bertz CT molecular complexity index is 389. The molecule has 0 spiro atoms. The average Bonchev–Trinajstić information content (AvgIpc) is 2.19. The van der Waals surface area contributed by atoms with E-state index in [1.54, 1.807) is 7.11 Å². The maximum atomic E-state index is 5.93. The Labute approximate surface area is 119 Å². The van der Waals surface area contributed by atoms with Gasteiger partial charge in [0.05, 0.1) is 17.3 Å². The highest BCUT2D eigenvalue weighted by atomic mass is 79.9. The lowest BCUT2D eigenvalue weighted by Crippen LogP contribution is -2.34. The molecule has 1 rings (SSSR count). The first-order chi connectivity index (χ1) is 7.83. The summed E-state index contributed by atoms with van der Waals surface area (Å²) < 4.78 is 7.18.